The predicted molar refractivity (Wildman–Crippen MR) is 51.3 cm³/mol. The van der Waals surface area contributed by atoms with Crippen LogP contribution in [0.5, 0.6) is 0 Å². The SMILES string of the molecule is CC(N)c1cn(CC(=O)N(C)C)nn1. The van der Waals surface area contributed by atoms with E-state index in [0.29, 0.717) is 5.69 Å². The molecule has 0 spiro atoms. The van der Waals surface area contributed by atoms with Crippen LogP contribution in [0.25, 0.3) is 0 Å². The Kier molecular flexibility index (Phi) is 3.19. The lowest BCUT2D eigenvalue weighted by Crippen LogP contribution is -2.26. The average molecular weight is 197 g/mol. The molecule has 1 unspecified atom stereocenters. The van der Waals surface area contributed by atoms with Gasteiger partial charge in [-0.25, -0.2) is 4.68 Å². The van der Waals surface area contributed by atoms with E-state index in [1.54, 1.807) is 20.3 Å². The first-order valence-electron chi connectivity index (χ1n) is 4.36. The van der Waals surface area contributed by atoms with Gasteiger partial charge in [0.25, 0.3) is 0 Å². The predicted octanol–water partition coefficient (Wildman–Crippen LogP) is -0.614. The molecule has 2 N–H and O–H groups in total. The maximum atomic E-state index is 11.3. The fraction of sp³-hybridized carbons (Fsp3) is 0.625. The maximum absolute atomic E-state index is 11.3. The van der Waals surface area contributed by atoms with E-state index in [1.165, 1.54) is 9.58 Å². The van der Waals surface area contributed by atoms with Crippen molar-refractivity contribution in [1.82, 2.24) is 19.9 Å². The van der Waals surface area contributed by atoms with Crippen molar-refractivity contribution in [2.45, 2.75) is 19.5 Å². The van der Waals surface area contributed by atoms with E-state index in [4.69, 9.17) is 5.73 Å². The van der Waals surface area contributed by atoms with Crippen LogP contribution in [0.2, 0.25) is 0 Å². The van der Waals surface area contributed by atoms with E-state index in [0.717, 1.165) is 0 Å². The second-order valence-corrected chi connectivity index (χ2v) is 3.42. The number of aromatic nitrogens is 3. The number of amides is 1. The van der Waals surface area contributed by atoms with Crippen molar-refractivity contribution < 1.29 is 4.79 Å². The van der Waals surface area contributed by atoms with Gasteiger partial charge in [0.05, 0.1) is 11.9 Å². The molecule has 14 heavy (non-hydrogen) atoms. The highest BCUT2D eigenvalue weighted by Gasteiger charge is 2.09. The van der Waals surface area contributed by atoms with Gasteiger partial charge < -0.3 is 10.6 Å². The molecule has 1 heterocycles. The summed E-state index contributed by atoms with van der Waals surface area (Å²) < 4.78 is 1.49. The first-order valence-corrected chi connectivity index (χ1v) is 4.36. The van der Waals surface area contributed by atoms with Crippen LogP contribution in [0.15, 0.2) is 6.20 Å². The summed E-state index contributed by atoms with van der Waals surface area (Å²) in [4.78, 5) is 12.8. The summed E-state index contributed by atoms with van der Waals surface area (Å²) in [6.07, 6.45) is 1.69. The van der Waals surface area contributed by atoms with Gasteiger partial charge in [-0.05, 0) is 6.92 Å². The van der Waals surface area contributed by atoms with Crippen molar-refractivity contribution in [3.8, 4) is 0 Å². The second kappa shape index (κ2) is 4.19. The minimum atomic E-state index is -0.154. The highest BCUT2D eigenvalue weighted by atomic mass is 16.2. The van der Waals surface area contributed by atoms with E-state index in [2.05, 4.69) is 10.3 Å². The molecular formula is C8H15N5O. The van der Waals surface area contributed by atoms with E-state index in [9.17, 15) is 4.79 Å². The van der Waals surface area contributed by atoms with Crippen molar-refractivity contribution in [2.24, 2.45) is 5.73 Å². The van der Waals surface area contributed by atoms with Crippen LogP contribution in [0, 0.1) is 0 Å². The Morgan fingerprint density at radius 1 is 1.71 bits per heavy atom. The molecule has 78 valence electrons. The maximum Gasteiger partial charge on any atom is 0.243 e. The molecule has 6 heteroatoms. The third-order valence-electron chi connectivity index (χ3n) is 1.82. The van der Waals surface area contributed by atoms with Crippen LogP contribution in [0.3, 0.4) is 0 Å². The highest BCUT2D eigenvalue weighted by Crippen LogP contribution is 2.03. The molecule has 1 rings (SSSR count). The summed E-state index contributed by atoms with van der Waals surface area (Å²) in [5, 5.41) is 7.64. The largest absolute Gasteiger partial charge is 0.347 e. The molecule has 0 fully saturated rings. The van der Waals surface area contributed by atoms with Crippen LogP contribution >= 0.6 is 0 Å². The smallest absolute Gasteiger partial charge is 0.243 e. The number of hydrogen-bond donors (Lipinski definition) is 1. The van der Waals surface area contributed by atoms with Crippen LogP contribution in [-0.4, -0.2) is 39.9 Å². The van der Waals surface area contributed by atoms with Gasteiger partial charge in [0.15, 0.2) is 0 Å². The topological polar surface area (TPSA) is 77.0 Å². The van der Waals surface area contributed by atoms with E-state index in [-0.39, 0.29) is 18.5 Å². The third-order valence-corrected chi connectivity index (χ3v) is 1.82. The summed E-state index contributed by atoms with van der Waals surface area (Å²) in [5.74, 6) is -0.0221. The number of rotatable bonds is 3. The Morgan fingerprint density at radius 2 is 2.36 bits per heavy atom. The molecule has 0 aliphatic heterocycles. The van der Waals surface area contributed by atoms with Gasteiger partial charge in [0.1, 0.15) is 6.54 Å². The Balaban J connectivity index is 2.64. The number of hydrogen-bond acceptors (Lipinski definition) is 4. The zero-order valence-electron chi connectivity index (χ0n) is 8.64. The van der Waals surface area contributed by atoms with E-state index < -0.39 is 0 Å². The quantitative estimate of drug-likeness (QED) is 0.701. The fourth-order valence-electron chi connectivity index (χ4n) is 0.879. The summed E-state index contributed by atoms with van der Waals surface area (Å²) in [6, 6.07) is -0.154. The molecule has 0 aliphatic carbocycles. The molecule has 0 bridgehead atoms. The molecule has 0 radical (unpaired) electrons. The van der Waals surface area contributed by atoms with Crippen molar-refractivity contribution in [3.05, 3.63) is 11.9 Å². The van der Waals surface area contributed by atoms with Crippen molar-refractivity contribution in [2.75, 3.05) is 14.1 Å². The summed E-state index contributed by atoms with van der Waals surface area (Å²) in [7, 11) is 3.40. The van der Waals surface area contributed by atoms with Gasteiger partial charge in [-0.15, -0.1) is 5.10 Å². The lowest BCUT2D eigenvalue weighted by atomic mass is 10.3. The lowest BCUT2D eigenvalue weighted by molar-refractivity contribution is -0.129. The molecule has 0 saturated heterocycles. The molecular weight excluding hydrogens is 182 g/mol. The molecule has 6 nitrogen and oxygen atoms in total. The van der Waals surface area contributed by atoms with Gasteiger partial charge in [-0.2, -0.15) is 0 Å². The van der Waals surface area contributed by atoms with Gasteiger partial charge in [-0.1, -0.05) is 5.21 Å². The lowest BCUT2D eigenvalue weighted by Gasteiger charge is -2.08. The molecule has 0 saturated carbocycles. The second-order valence-electron chi connectivity index (χ2n) is 3.42. The summed E-state index contributed by atoms with van der Waals surface area (Å²) >= 11 is 0. The minimum absolute atomic E-state index is 0.0221. The van der Waals surface area contributed by atoms with Gasteiger partial charge in [0.2, 0.25) is 5.91 Å². The fourth-order valence-corrected chi connectivity index (χ4v) is 0.879. The van der Waals surface area contributed by atoms with Crippen molar-refractivity contribution in [1.29, 1.82) is 0 Å². The minimum Gasteiger partial charge on any atom is -0.347 e. The number of nitrogens with zero attached hydrogens (tertiary/aromatic N) is 4. The summed E-state index contributed by atoms with van der Waals surface area (Å²) in [6.45, 7) is 2.02. The molecule has 0 aromatic carbocycles. The van der Waals surface area contributed by atoms with Crippen LogP contribution in [0.4, 0.5) is 0 Å². The third kappa shape index (κ3) is 2.53. The molecule has 1 amide bonds. The van der Waals surface area contributed by atoms with Crippen LogP contribution in [-0.2, 0) is 11.3 Å². The van der Waals surface area contributed by atoms with Crippen LogP contribution in [0.1, 0.15) is 18.7 Å². The molecule has 1 atom stereocenters. The van der Waals surface area contributed by atoms with Crippen LogP contribution < -0.4 is 5.73 Å². The first-order chi connectivity index (χ1) is 6.50. The van der Waals surface area contributed by atoms with Gasteiger partial charge >= 0.3 is 0 Å². The Morgan fingerprint density at radius 3 is 2.79 bits per heavy atom. The first kappa shape index (κ1) is 10.6. The summed E-state index contributed by atoms with van der Waals surface area (Å²) in [5.41, 5.74) is 6.30. The Hall–Kier alpha value is -1.43. The van der Waals surface area contributed by atoms with Gasteiger partial charge in [0, 0.05) is 20.1 Å². The Bertz CT molecular complexity index is 317. The zero-order chi connectivity index (χ0) is 10.7. The molecule has 0 aliphatic rings. The Labute approximate surface area is 82.7 Å². The normalized spacial score (nSPS) is 12.6. The number of nitrogens with two attached hydrogens (primary N) is 1. The zero-order valence-corrected chi connectivity index (χ0v) is 8.64. The number of carbonyl (C=O) groups excluding carboxylic acids is 1. The number of likely N-dealkylation sites (N-methyl/N-ethyl adjacent to an activating group) is 1. The van der Waals surface area contributed by atoms with Crippen molar-refractivity contribution >= 4 is 5.91 Å². The highest BCUT2D eigenvalue weighted by molar-refractivity contribution is 5.75. The van der Waals surface area contributed by atoms with E-state index in [1.807, 2.05) is 6.92 Å². The van der Waals surface area contributed by atoms with Crippen molar-refractivity contribution in [3.63, 3.8) is 0 Å². The molecule has 1 aromatic rings. The monoisotopic (exact) mass is 197 g/mol. The standard InChI is InChI=1S/C8H15N5O/c1-6(9)7-4-13(11-10-7)5-8(14)12(2)3/h4,6H,5,9H2,1-3H3. The van der Waals surface area contributed by atoms with E-state index >= 15 is 0 Å². The average Bonchev–Trinajstić information content (AvgIpc) is 2.52. The molecule has 1 aromatic heterocycles. The van der Waals surface area contributed by atoms with Gasteiger partial charge in [-0.3, -0.25) is 4.79 Å². The number of carbonyl (C=O) groups is 1.